The van der Waals surface area contributed by atoms with Crippen LogP contribution in [0, 0.1) is 11.8 Å². The maximum absolute atomic E-state index is 12.3. The number of aliphatic hydroxyl groups is 1. The second-order valence-electron chi connectivity index (χ2n) is 7.70. The van der Waals surface area contributed by atoms with Crippen molar-refractivity contribution in [1.29, 1.82) is 0 Å². The molecule has 26 heavy (non-hydrogen) atoms. The maximum atomic E-state index is 12.3. The Hall–Kier alpha value is -2.31. The molecule has 2 fully saturated rings. The van der Waals surface area contributed by atoms with Gasteiger partial charge in [-0.15, -0.1) is 0 Å². The molecule has 1 aromatic heterocycles. The number of aromatic nitrogens is 2. The van der Waals surface area contributed by atoms with E-state index in [4.69, 9.17) is 0 Å². The van der Waals surface area contributed by atoms with Crippen LogP contribution in [-0.4, -0.2) is 56.1 Å². The largest absolute Gasteiger partial charge is 0.505 e. The lowest BCUT2D eigenvalue weighted by Crippen LogP contribution is -2.34. The monoisotopic (exact) mass is 353 g/mol. The number of benzene rings is 1. The van der Waals surface area contributed by atoms with Crippen molar-refractivity contribution in [1.82, 2.24) is 14.9 Å². The van der Waals surface area contributed by atoms with Gasteiger partial charge in [-0.3, -0.25) is 9.69 Å². The Morgan fingerprint density at radius 3 is 2.35 bits per heavy atom. The molecular formula is C20H23N3O3. The van der Waals surface area contributed by atoms with Crippen LogP contribution in [0.5, 0.6) is 5.75 Å². The first-order valence-electron chi connectivity index (χ1n) is 9.04. The van der Waals surface area contributed by atoms with Crippen molar-refractivity contribution in [2.75, 3.05) is 19.6 Å². The van der Waals surface area contributed by atoms with E-state index in [1.165, 1.54) is 18.0 Å². The normalized spacial score (nSPS) is 28.2. The number of hydrogen-bond donors (Lipinski definition) is 2. The molecule has 0 radical (unpaired) electrons. The van der Waals surface area contributed by atoms with Crippen LogP contribution in [0.2, 0.25) is 0 Å². The Morgan fingerprint density at radius 2 is 1.73 bits per heavy atom. The molecule has 1 saturated carbocycles. The Bertz CT molecular complexity index is 765. The number of ketones is 1. The highest BCUT2D eigenvalue weighted by Gasteiger charge is 2.48. The van der Waals surface area contributed by atoms with Crippen LogP contribution in [0.3, 0.4) is 0 Å². The van der Waals surface area contributed by atoms with Crippen molar-refractivity contribution in [3.8, 4) is 5.75 Å². The summed E-state index contributed by atoms with van der Waals surface area (Å²) in [6, 6.07) is 10.1. The van der Waals surface area contributed by atoms with E-state index < -0.39 is 5.60 Å². The summed E-state index contributed by atoms with van der Waals surface area (Å²) >= 11 is 0. The molecule has 2 aliphatic rings. The zero-order chi connectivity index (χ0) is 18.1. The fourth-order valence-electron chi connectivity index (χ4n) is 4.55. The van der Waals surface area contributed by atoms with Crippen LogP contribution in [0.4, 0.5) is 0 Å². The molecule has 2 aromatic rings. The summed E-state index contributed by atoms with van der Waals surface area (Å²) in [5, 5.41) is 20.2. The molecular weight excluding hydrogens is 330 g/mol. The Kier molecular flexibility index (Phi) is 4.46. The minimum absolute atomic E-state index is 0.0463. The Morgan fingerprint density at radius 1 is 1.12 bits per heavy atom. The molecule has 1 aliphatic heterocycles. The number of likely N-dealkylation sites (tertiary alicyclic amines) is 1. The molecule has 2 N–H and O–H groups in total. The van der Waals surface area contributed by atoms with E-state index in [0.717, 1.165) is 25.9 Å². The van der Waals surface area contributed by atoms with Crippen molar-refractivity contribution in [3.05, 3.63) is 54.1 Å². The van der Waals surface area contributed by atoms with Gasteiger partial charge in [0, 0.05) is 19.5 Å². The van der Waals surface area contributed by atoms with Gasteiger partial charge in [-0.2, -0.15) is 0 Å². The first-order chi connectivity index (χ1) is 12.5. The number of Topliss-reactive ketones (excluding diaryl/α,β-unsaturated/α-hetero) is 1. The van der Waals surface area contributed by atoms with Crippen LogP contribution < -0.4 is 0 Å². The van der Waals surface area contributed by atoms with Gasteiger partial charge in [-0.05, 0) is 30.2 Å². The fourth-order valence-corrected chi connectivity index (χ4v) is 4.55. The van der Waals surface area contributed by atoms with Gasteiger partial charge in [0.2, 0.25) is 5.78 Å². The lowest BCUT2D eigenvalue weighted by molar-refractivity contribution is 0.0355. The number of carbonyl (C=O) groups excluding carboxylic acids is 1. The predicted molar refractivity (Wildman–Crippen MR) is 95.8 cm³/mol. The summed E-state index contributed by atoms with van der Waals surface area (Å²) in [6.07, 6.45) is 4.74. The summed E-state index contributed by atoms with van der Waals surface area (Å²) in [4.78, 5) is 22.2. The SMILES string of the molecule is O=C(CN1C[C@@H]2C[C@](O)(Cc3ccccc3)C[C@@H]2C1)c1ncc(O)cn1. The third-order valence-corrected chi connectivity index (χ3v) is 5.57. The van der Waals surface area contributed by atoms with E-state index in [2.05, 4.69) is 27.0 Å². The van der Waals surface area contributed by atoms with Gasteiger partial charge in [-0.1, -0.05) is 30.3 Å². The number of hydrogen-bond acceptors (Lipinski definition) is 6. The Labute approximate surface area is 152 Å². The van der Waals surface area contributed by atoms with Crippen LogP contribution >= 0.6 is 0 Å². The van der Waals surface area contributed by atoms with E-state index in [1.54, 1.807) is 0 Å². The predicted octanol–water partition coefficient (Wildman–Crippen LogP) is 1.68. The van der Waals surface area contributed by atoms with Crippen LogP contribution in [-0.2, 0) is 6.42 Å². The van der Waals surface area contributed by atoms with E-state index in [0.29, 0.717) is 18.3 Å². The van der Waals surface area contributed by atoms with Crippen molar-refractivity contribution in [2.24, 2.45) is 11.8 Å². The molecule has 3 atom stereocenters. The maximum Gasteiger partial charge on any atom is 0.213 e. The van der Waals surface area contributed by atoms with Crippen molar-refractivity contribution >= 4 is 5.78 Å². The van der Waals surface area contributed by atoms with Crippen molar-refractivity contribution < 1.29 is 15.0 Å². The second-order valence-corrected chi connectivity index (χ2v) is 7.70. The first-order valence-corrected chi connectivity index (χ1v) is 9.04. The van der Waals surface area contributed by atoms with Gasteiger partial charge in [0.15, 0.2) is 11.6 Å². The molecule has 0 amide bonds. The van der Waals surface area contributed by atoms with Gasteiger partial charge >= 0.3 is 0 Å². The molecule has 0 spiro atoms. The molecule has 136 valence electrons. The molecule has 1 aliphatic carbocycles. The van der Waals surface area contributed by atoms with Gasteiger partial charge in [0.05, 0.1) is 24.5 Å². The average molecular weight is 353 g/mol. The molecule has 0 bridgehead atoms. The standard InChI is InChI=1S/C20H23N3O3/c24-17-9-21-19(22-10-17)18(25)13-23-11-15-7-20(26,8-16(15)12-23)6-14-4-2-1-3-5-14/h1-5,9-10,15-16,24,26H,6-8,11-13H2/t15-,16+,20+. The number of aromatic hydroxyl groups is 1. The average Bonchev–Trinajstić information content (AvgIpc) is 3.10. The first kappa shape index (κ1) is 17.1. The molecule has 1 aromatic carbocycles. The molecule has 6 heteroatoms. The minimum atomic E-state index is -0.632. The zero-order valence-electron chi connectivity index (χ0n) is 14.6. The topological polar surface area (TPSA) is 86.6 Å². The lowest BCUT2D eigenvalue weighted by atomic mass is 9.91. The molecule has 2 heterocycles. The molecule has 4 rings (SSSR count). The highest BCUT2D eigenvalue weighted by Crippen LogP contribution is 2.45. The van der Waals surface area contributed by atoms with Gasteiger partial charge in [0.1, 0.15) is 0 Å². The van der Waals surface area contributed by atoms with E-state index >= 15 is 0 Å². The highest BCUT2D eigenvalue weighted by molar-refractivity contribution is 5.94. The van der Waals surface area contributed by atoms with Crippen molar-refractivity contribution in [3.63, 3.8) is 0 Å². The summed E-state index contributed by atoms with van der Waals surface area (Å²) in [7, 11) is 0. The van der Waals surface area contributed by atoms with Crippen LogP contribution in [0.25, 0.3) is 0 Å². The van der Waals surface area contributed by atoms with Gasteiger partial charge in [0.25, 0.3) is 0 Å². The van der Waals surface area contributed by atoms with E-state index in [-0.39, 0.29) is 23.9 Å². The number of nitrogens with zero attached hydrogens (tertiary/aromatic N) is 3. The second kappa shape index (κ2) is 6.78. The summed E-state index contributed by atoms with van der Waals surface area (Å²) in [6.45, 7) is 1.94. The quantitative estimate of drug-likeness (QED) is 0.796. The van der Waals surface area contributed by atoms with Gasteiger partial charge < -0.3 is 10.2 Å². The highest BCUT2D eigenvalue weighted by atomic mass is 16.3. The van der Waals surface area contributed by atoms with Crippen LogP contribution in [0.15, 0.2) is 42.7 Å². The smallest absolute Gasteiger partial charge is 0.213 e. The summed E-state index contributed by atoms with van der Waals surface area (Å²) in [5.41, 5.74) is 0.541. The minimum Gasteiger partial charge on any atom is -0.505 e. The number of rotatable bonds is 5. The van der Waals surface area contributed by atoms with Gasteiger partial charge in [-0.25, -0.2) is 9.97 Å². The summed E-state index contributed by atoms with van der Waals surface area (Å²) in [5.74, 6) is 0.814. The Balaban J connectivity index is 1.33. The number of carbonyl (C=O) groups is 1. The molecule has 6 nitrogen and oxygen atoms in total. The molecule has 1 saturated heterocycles. The van der Waals surface area contributed by atoms with E-state index in [1.807, 2.05) is 18.2 Å². The molecule has 0 unspecified atom stereocenters. The fraction of sp³-hybridized carbons (Fsp3) is 0.450. The van der Waals surface area contributed by atoms with Crippen molar-refractivity contribution in [2.45, 2.75) is 24.9 Å². The third kappa shape index (κ3) is 3.61. The van der Waals surface area contributed by atoms with Crippen LogP contribution in [0.1, 0.15) is 29.0 Å². The lowest BCUT2D eigenvalue weighted by Gasteiger charge is -2.25. The third-order valence-electron chi connectivity index (χ3n) is 5.57. The zero-order valence-corrected chi connectivity index (χ0v) is 14.6. The number of fused-ring (bicyclic) bond motifs is 1. The van der Waals surface area contributed by atoms with E-state index in [9.17, 15) is 15.0 Å². The summed E-state index contributed by atoms with van der Waals surface area (Å²) < 4.78 is 0.